The number of carbonyl (C=O) groups excluding carboxylic acids is 1. The average molecular weight is 378 g/mol. The SMILES string of the molecule is CC(C)Cn1c(C2CCCN2C(=O)OC(C)(C)C)nn2c(F)ccc2c1=O. The van der Waals surface area contributed by atoms with Gasteiger partial charge < -0.3 is 4.74 Å². The predicted octanol–water partition coefficient (Wildman–Crippen LogP) is 3.36. The molecule has 1 aliphatic heterocycles. The number of hydrogen-bond acceptors (Lipinski definition) is 4. The number of carbonyl (C=O) groups is 1. The van der Waals surface area contributed by atoms with Gasteiger partial charge in [0.25, 0.3) is 5.56 Å². The van der Waals surface area contributed by atoms with E-state index in [1.165, 1.54) is 12.1 Å². The zero-order valence-electron chi connectivity index (χ0n) is 16.5. The van der Waals surface area contributed by atoms with E-state index in [1.807, 2.05) is 34.6 Å². The van der Waals surface area contributed by atoms with Crippen LogP contribution in [-0.2, 0) is 11.3 Å². The molecule has 1 fully saturated rings. The molecule has 1 atom stereocenters. The first-order valence-corrected chi connectivity index (χ1v) is 9.36. The van der Waals surface area contributed by atoms with Crippen LogP contribution in [0.3, 0.4) is 0 Å². The van der Waals surface area contributed by atoms with Gasteiger partial charge in [-0.2, -0.15) is 8.91 Å². The van der Waals surface area contributed by atoms with Crippen LogP contribution in [0, 0.1) is 11.9 Å². The van der Waals surface area contributed by atoms with Crippen LogP contribution in [0.2, 0.25) is 0 Å². The Hall–Kier alpha value is -2.38. The Balaban J connectivity index is 2.09. The molecule has 0 spiro atoms. The number of ether oxygens (including phenoxy) is 1. The number of halogens is 1. The number of hydrogen-bond donors (Lipinski definition) is 0. The van der Waals surface area contributed by atoms with E-state index in [0.29, 0.717) is 25.3 Å². The van der Waals surface area contributed by atoms with E-state index in [1.54, 1.807) is 9.47 Å². The van der Waals surface area contributed by atoms with E-state index in [4.69, 9.17) is 4.74 Å². The van der Waals surface area contributed by atoms with Crippen LogP contribution in [0.4, 0.5) is 9.18 Å². The summed E-state index contributed by atoms with van der Waals surface area (Å²) in [6, 6.07) is 2.25. The minimum atomic E-state index is -0.619. The lowest BCUT2D eigenvalue weighted by atomic mass is 10.1. The highest BCUT2D eigenvalue weighted by Crippen LogP contribution is 2.32. The number of likely N-dealkylation sites (tertiary alicyclic amines) is 1. The van der Waals surface area contributed by atoms with Gasteiger partial charge >= 0.3 is 6.09 Å². The summed E-state index contributed by atoms with van der Waals surface area (Å²) in [7, 11) is 0. The third kappa shape index (κ3) is 3.84. The Morgan fingerprint density at radius 1 is 1.37 bits per heavy atom. The van der Waals surface area contributed by atoms with Gasteiger partial charge in [0.2, 0.25) is 5.95 Å². The van der Waals surface area contributed by atoms with Crippen molar-refractivity contribution in [3.8, 4) is 0 Å². The molecule has 0 saturated carbocycles. The Labute approximate surface area is 157 Å². The van der Waals surface area contributed by atoms with Crippen molar-refractivity contribution in [2.24, 2.45) is 5.92 Å². The molecule has 0 aromatic carbocycles. The van der Waals surface area contributed by atoms with Gasteiger partial charge in [-0.3, -0.25) is 14.3 Å². The standard InChI is InChI=1S/C19H27FN4O3/c1-12(2)11-23-16(21-24-14(17(23)25)8-9-15(24)20)13-7-6-10-22(13)18(26)27-19(3,4)5/h8-9,12-13H,6-7,10-11H2,1-5H3. The van der Waals surface area contributed by atoms with Gasteiger partial charge in [-0.05, 0) is 51.7 Å². The third-order valence-corrected chi connectivity index (χ3v) is 4.48. The van der Waals surface area contributed by atoms with Gasteiger partial charge in [0, 0.05) is 13.1 Å². The predicted molar refractivity (Wildman–Crippen MR) is 99.2 cm³/mol. The zero-order valence-corrected chi connectivity index (χ0v) is 16.5. The molecule has 2 aromatic rings. The van der Waals surface area contributed by atoms with Gasteiger partial charge in [-0.15, -0.1) is 5.10 Å². The summed E-state index contributed by atoms with van der Waals surface area (Å²) in [6.07, 6.45) is 0.981. The summed E-state index contributed by atoms with van der Waals surface area (Å²) < 4.78 is 22.2. The molecular weight excluding hydrogens is 351 g/mol. The highest BCUT2D eigenvalue weighted by molar-refractivity contribution is 5.69. The number of fused-ring (bicyclic) bond motifs is 1. The molecule has 1 amide bonds. The Morgan fingerprint density at radius 2 is 2.07 bits per heavy atom. The Kier molecular flexibility index (Phi) is 5.01. The number of aromatic nitrogens is 3. The molecule has 3 rings (SSSR count). The first-order valence-electron chi connectivity index (χ1n) is 9.36. The molecule has 148 valence electrons. The molecular formula is C19H27FN4O3. The second-order valence-corrected chi connectivity index (χ2v) is 8.45. The maximum atomic E-state index is 14.1. The van der Waals surface area contributed by atoms with Gasteiger partial charge in [0.05, 0.1) is 6.04 Å². The molecule has 3 heterocycles. The lowest BCUT2D eigenvalue weighted by Crippen LogP contribution is -2.39. The van der Waals surface area contributed by atoms with Crippen molar-refractivity contribution >= 4 is 11.6 Å². The minimum absolute atomic E-state index is 0.193. The lowest BCUT2D eigenvalue weighted by molar-refractivity contribution is 0.0213. The van der Waals surface area contributed by atoms with Gasteiger partial charge in [0.1, 0.15) is 11.1 Å². The molecule has 0 N–H and O–H groups in total. The fraction of sp³-hybridized carbons (Fsp3) is 0.632. The molecule has 1 aliphatic rings. The third-order valence-electron chi connectivity index (χ3n) is 4.48. The summed E-state index contributed by atoms with van der Waals surface area (Å²) in [5.41, 5.74) is -0.724. The minimum Gasteiger partial charge on any atom is -0.444 e. The van der Waals surface area contributed by atoms with E-state index in [0.717, 1.165) is 10.9 Å². The maximum absolute atomic E-state index is 14.1. The Morgan fingerprint density at radius 3 is 2.70 bits per heavy atom. The highest BCUT2D eigenvalue weighted by Gasteiger charge is 2.36. The monoisotopic (exact) mass is 378 g/mol. The van der Waals surface area contributed by atoms with Crippen LogP contribution < -0.4 is 5.56 Å². The van der Waals surface area contributed by atoms with Crippen molar-refractivity contribution in [3.63, 3.8) is 0 Å². The van der Waals surface area contributed by atoms with Crippen LogP contribution in [0.15, 0.2) is 16.9 Å². The molecule has 2 aromatic heterocycles. The molecule has 0 radical (unpaired) electrons. The summed E-state index contributed by atoms with van der Waals surface area (Å²) in [4.78, 5) is 27.2. The largest absolute Gasteiger partial charge is 0.444 e. The molecule has 8 heteroatoms. The quantitative estimate of drug-likeness (QED) is 0.821. The summed E-state index contributed by atoms with van der Waals surface area (Å²) in [5.74, 6) is 0.00316. The van der Waals surface area contributed by atoms with Crippen LogP contribution in [0.25, 0.3) is 5.52 Å². The summed E-state index contributed by atoms with van der Waals surface area (Å²) in [5, 5.41) is 4.41. The average Bonchev–Trinajstić information content (AvgIpc) is 3.15. The smallest absolute Gasteiger partial charge is 0.410 e. The van der Waals surface area contributed by atoms with Crippen LogP contribution in [-0.4, -0.2) is 37.3 Å². The van der Waals surface area contributed by atoms with Crippen molar-refractivity contribution in [2.75, 3.05) is 6.54 Å². The second kappa shape index (κ2) is 6.98. The first-order chi connectivity index (χ1) is 12.6. The summed E-state index contributed by atoms with van der Waals surface area (Å²) in [6.45, 7) is 10.4. The number of amides is 1. The second-order valence-electron chi connectivity index (χ2n) is 8.45. The van der Waals surface area contributed by atoms with E-state index < -0.39 is 23.7 Å². The molecule has 27 heavy (non-hydrogen) atoms. The first kappa shape index (κ1) is 19.4. The van der Waals surface area contributed by atoms with Gasteiger partial charge in [0.15, 0.2) is 5.82 Å². The number of nitrogens with zero attached hydrogens (tertiary/aromatic N) is 4. The van der Waals surface area contributed by atoms with Crippen molar-refractivity contribution in [2.45, 2.75) is 65.6 Å². The highest BCUT2D eigenvalue weighted by atomic mass is 19.1. The van der Waals surface area contributed by atoms with Crippen molar-refractivity contribution < 1.29 is 13.9 Å². The lowest BCUT2D eigenvalue weighted by Gasteiger charge is -2.29. The molecule has 7 nitrogen and oxygen atoms in total. The molecule has 0 aliphatic carbocycles. The van der Waals surface area contributed by atoms with E-state index in [-0.39, 0.29) is 17.0 Å². The van der Waals surface area contributed by atoms with Gasteiger partial charge in [-0.1, -0.05) is 13.8 Å². The van der Waals surface area contributed by atoms with Crippen molar-refractivity contribution in [1.82, 2.24) is 19.1 Å². The van der Waals surface area contributed by atoms with Crippen molar-refractivity contribution in [3.05, 3.63) is 34.3 Å². The van der Waals surface area contributed by atoms with Crippen molar-refractivity contribution in [1.29, 1.82) is 0 Å². The van der Waals surface area contributed by atoms with E-state index in [9.17, 15) is 14.0 Å². The van der Waals surface area contributed by atoms with Crippen LogP contribution >= 0.6 is 0 Å². The number of rotatable bonds is 3. The van der Waals surface area contributed by atoms with Crippen LogP contribution in [0.5, 0.6) is 0 Å². The molecule has 0 bridgehead atoms. The van der Waals surface area contributed by atoms with Gasteiger partial charge in [-0.25, -0.2) is 4.79 Å². The zero-order chi connectivity index (χ0) is 19.9. The fourth-order valence-electron chi connectivity index (χ4n) is 3.43. The maximum Gasteiger partial charge on any atom is 0.410 e. The molecule has 1 unspecified atom stereocenters. The molecule has 1 saturated heterocycles. The fourth-order valence-corrected chi connectivity index (χ4v) is 3.43. The summed E-state index contributed by atoms with van der Waals surface area (Å²) >= 11 is 0. The Bertz CT molecular complexity index is 910. The van der Waals surface area contributed by atoms with E-state index in [2.05, 4.69) is 5.10 Å². The van der Waals surface area contributed by atoms with Crippen LogP contribution in [0.1, 0.15) is 59.3 Å². The van der Waals surface area contributed by atoms with E-state index >= 15 is 0 Å². The normalized spacial score (nSPS) is 17.9. The topological polar surface area (TPSA) is 68.8 Å².